The van der Waals surface area contributed by atoms with Crippen LogP contribution in [0.1, 0.15) is 81.5 Å². The Bertz CT molecular complexity index is 1520. The number of carboxylic acids is 1. The van der Waals surface area contributed by atoms with E-state index in [-0.39, 0.29) is 44.2 Å². The summed E-state index contributed by atoms with van der Waals surface area (Å²) in [7, 11) is 1.80. The summed E-state index contributed by atoms with van der Waals surface area (Å²) in [6, 6.07) is -1.52. The van der Waals surface area contributed by atoms with Gasteiger partial charge in [0.05, 0.1) is 12.5 Å². The number of aryl methyl sites for hydroxylation is 1. The average molecular weight is 713 g/mol. The van der Waals surface area contributed by atoms with Gasteiger partial charge in [0, 0.05) is 32.1 Å². The molecule has 5 N–H and O–H groups in total. The summed E-state index contributed by atoms with van der Waals surface area (Å²) < 4.78 is 1.75. The van der Waals surface area contributed by atoms with Crippen molar-refractivity contribution >= 4 is 47.3 Å². The molecule has 3 aliphatic heterocycles. The van der Waals surface area contributed by atoms with Gasteiger partial charge < -0.3 is 46.3 Å². The molecule has 17 heteroatoms. The first-order chi connectivity index (χ1) is 24.3. The van der Waals surface area contributed by atoms with Crippen molar-refractivity contribution in [3.63, 3.8) is 0 Å². The second-order valence-corrected chi connectivity index (χ2v) is 13.3. The lowest BCUT2D eigenvalue weighted by atomic mass is 10.1. The molecule has 0 unspecified atom stereocenters. The van der Waals surface area contributed by atoms with Crippen LogP contribution < -0.4 is 31.4 Å². The molecule has 3 aliphatic rings. The molecule has 17 nitrogen and oxygen atoms in total. The summed E-state index contributed by atoms with van der Waals surface area (Å²) in [4.78, 5) is 108. The smallest absolute Gasteiger partial charge is 0.260 e. The molecule has 1 aromatic heterocycles. The number of nitrogens with zero attached hydrogens (tertiary/aromatic N) is 4. The monoisotopic (exact) mass is 712 g/mol. The van der Waals surface area contributed by atoms with Gasteiger partial charge in [-0.15, -0.1) is 0 Å². The Kier molecular flexibility index (Phi) is 13.4. The van der Waals surface area contributed by atoms with E-state index in [0.29, 0.717) is 57.1 Å². The van der Waals surface area contributed by atoms with Crippen LogP contribution in [0.25, 0.3) is 0 Å². The summed E-state index contributed by atoms with van der Waals surface area (Å²) in [5.74, 6) is -5.35. The number of aromatic nitrogens is 1. The fourth-order valence-electron chi connectivity index (χ4n) is 7.06. The Morgan fingerprint density at radius 1 is 0.863 bits per heavy atom. The number of carboxylic acid groups (broad SMARTS) is 1. The molecular formula is C34H48N8O9. The number of nitrogens with two attached hydrogens (primary N) is 1. The van der Waals surface area contributed by atoms with Crippen LogP contribution in [0.15, 0.2) is 24.5 Å². The Morgan fingerprint density at radius 2 is 1.49 bits per heavy atom. The number of likely N-dealkylation sites (tertiary alicyclic amines) is 3. The molecule has 0 radical (unpaired) electrons. The number of primary amides is 1. The van der Waals surface area contributed by atoms with Crippen LogP contribution in [-0.2, 0) is 40.6 Å². The van der Waals surface area contributed by atoms with Gasteiger partial charge in [-0.25, -0.2) is 4.57 Å². The number of hydrogen-bond donors (Lipinski definition) is 4. The van der Waals surface area contributed by atoms with Crippen LogP contribution in [0.2, 0.25) is 0 Å². The van der Waals surface area contributed by atoms with Crippen molar-refractivity contribution in [3.8, 4) is 0 Å². The highest BCUT2D eigenvalue weighted by atomic mass is 16.4. The van der Waals surface area contributed by atoms with E-state index in [0.717, 1.165) is 0 Å². The van der Waals surface area contributed by atoms with Gasteiger partial charge in [-0.1, -0.05) is 13.3 Å². The van der Waals surface area contributed by atoms with Gasteiger partial charge in [0.2, 0.25) is 35.4 Å². The first kappa shape index (κ1) is 38.7. The van der Waals surface area contributed by atoms with E-state index in [4.69, 9.17) is 5.73 Å². The Labute approximate surface area is 296 Å². The van der Waals surface area contributed by atoms with Gasteiger partial charge in [0.15, 0.2) is 12.4 Å². The minimum atomic E-state index is -1.47. The second-order valence-electron chi connectivity index (χ2n) is 13.3. The van der Waals surface area contributed by atoms with Gasteiger partial charge in [0.1, 0.15) is 42.8 Å². The molecule has 5 atom stereocenters. The third kappa shape index (κ3) is 9.79. The third-order valence-corrected chi connectivity index (χ3v) is 9.57. The molecule has 1 aromatic rings. The molecule has 4 heterocycles. The topological polar surface area (TPSA) is 235 Å². The van der Waals surface area contributed by atoms with E-state index in [2.05, 4.69) is 16.0 Å². The number of pyridine rings is 1. The first-order valence-corrected chi connectivity index (χ1v) is 17.6. The van der Waals surface area contributed by atoms with Gasteiger partial charge in [0.25, 0.3) is 5.91 Å². The predicted molar refractivity (Wildman–Crippen MR) is 176 cm³/mol. The fraction of sp³-hybridized carbons (Fsp3) is 0.618. The highest BCUT2D eigenvalue weighted by Crippen LogP contribution is 2.26. The van der Waals surface area contributed by atoms with Crippen molar-refractivity contribution in [2.45, 2.75) is 101 Å². The van der Waals surface area contributed by atoms with E-state index in [1.807, 2.05) is 0 Å². The van der Waals surface area contributed by atoms with Crippen molar-refractivity contribution in [1.82, 2.24) is 30.7 Å². The van der Waals surface area contributed by atoms with Gasteiger partial charge in [-0.2, -0.15) is 0 Å². The van der Waals surface area contributed by atoms with Crippen LogP contribution in [0.3, 0.4) is 0 Å². The van der Waals surface area contributed by atoms with E-state index in [1.54, 1.807) is 43.1 Å². The molecule has 7 amide bonds. The molecule has 51 heavy (non-hydrogen) atoms. The summed E-state index contributed by atoms with van der Waals surface area (Å²) in [5, 5.41) is 18.4. The van der Waals surface area contributed by atoms with Crippen LogP contribution in [0, 0.1) is 0 Å². The number of carbonyl (C=O) groups excluding carboxylic acids is 8. The van der Waals surface area contributed by atoms with Crippen LogP contribution in [0.5, 0.6) is 0 Å². The summed E-state index contributed by atoms with van der Waals surface area (Å²) in [5.41, 5.74) is 5.81. The van der Waals surface area contributed by atoms with Crippen molar-refractivity contribution < 1.29 is 48.0 Å². The van der Waals surface area contributed by atoms with E-state index in [9.17, 15) is 43.5 Å². The molecule has 0 bridgehead atoms. The number of amides is 7. The zero-order valence-electron chi connectivity index (χ0n) is 29.1. The zero-order chi connectivity index (χ0) is 37.2. The lowest BCUT2D eigenvalue weighted by molar-refractivity contribution is -0.671. The van der Waals surface area contributed by atoms with Crippen molar-refractivity contribution in [2.75, 3.05) is 26.2 Å². The van der Waals surface area contributed by atoms with Crippen LogP contribution >= 0.6 is 0 Å². The fourth-order valence-corrected chi connectivity index (χ4v) is 7.06. The first-order valence-electron chi connectivity index (χ1n) is 17.6. The van der Waals surface area contributed by atoms with Gasteiger partial charge >= 0.3 is 0 Å². The standard InChI is InChI=1S/C34H48N8O9/c1-3-8-23(33(50)40-16-5-10-24(40)30(47)36-19-28(44)45)38-29(46)22(13-14-27(35)43)37-31(48)25-11-6-17-41(25)34(51)26-12-7-18-42(26)32(49)21-9-4-15-39(2)20-21/h4,9,15,20,22-26H,3,5-8,10-14,16-19H2,1-2H3,(H5-,35,36,37,38,43,44,45,46,47,48)/t22-,23-,24-,25-,26-/m0/s1. The molecule has 278 valence electrons. The molecule has 4 rings (SSSR count). The van der Waals surface area contributed by atoms with Crippen molar-refractivity contribution in [1.29, 1.82) is 0 Å². The molecule has 0 aliphatic carbocycles. The maximum Gasteiger partial charge on any atom is 0.260 e. The van der Waals surface area contributed by atoms with E-state index < -0.39 is 72.3 Å². The molecule has 3 fully saturated rings. The van der Waals surface area contributed by atoms with Gasteiger partial charge in [-0.05, 0) is 57.4 Å². The maximum atomic E-state index is 13.9. The van der Waals surface area contributed by atoms with Crippen molar-refractivity contribution in [3.05, 3.63) is 30.1 Å². The molecule has 0 spiro atoms. The predicted octanol–water partition coefficient (Wildman–Crippen LogP) is -3.00. The third-order valence-electron chi connectivity index (χ3n) is 9.57. The minimum absolute atomic E-state index is 0.169. The van der Waals surface area contributed by atoms with E-state index >= 15 is 0 Å². The summed E-state index contributed by atoms with van der Waals surface area (Å²) in [6.07, 6.45) is 6.47. The van der Waals surface area contributed by atoms with Crippen LogP contribution in [0.4, 0.5) is 0 Å². The average Bonchev–Trinajstić information content (AvgIpc) is 3.89. The number of nitrogens with one attached hydrogen (secondary N) is 3. The molecule has 3 saturated heterocycles. The van der Waals surface area contributed by atoms with Crippen molar-refractivity contribution in [2.24, 2.45) is 12.8 Å². The maximum absolute atomic E-state index is 13.9. The largest absolute Gasteiger partial charge is 0.548 e. The second kappa shape index (κ2) is 17.7. The SMILES string of the molecule is CCC[C@H](NC(=O)[C@H](CCC(N)=O)NC(=O)[C@@H]1CCCN1C(=O)[C@@H]1CCCN1C(=O)c1ccc[n+](C)c1)C(=O)N1CCC[C@H]1C(=O)NCC(=O)[O-]. The summed E-state index contributed by atoms with van der Waals surface area (Å²) >= 11 is 0. The quantitative estimate of drug-likeness (QED) is 0.136. The summed E-state index contributed by atoms with van der Waals surface area (Å²) in [6.45, 7) is 2.00. The Hall–Kier alpha value is -5.09. The lowest BCUT2D eigenvalue weighted by Gasteiger charge is -2.32. The highest BCUT2D eigenvalue weighted by Gasteiger charge is 2.44. The van der Waals surface area contributed by atoms with Gasteiger partial charge in [-0.3, -0.25) is 33.6 Å². The number of carbonyl (C=O) groups is 8. The normalized spacial score (nSPS) is 21.1. The zero-order valence-corrected chi connectivity index (χ0v) is 29.1. The number of rotatable bonds is 15. The molecular weight excluding hydrogens is 664 g/mol. The van der Waals surface area contributed by atoms with E-state index in [1.165, 1.54) is 14.7 Å². The Morgan fingerprint density at radius 3 is 2.12 bits per heavy atom. The Balaban J connectivity index is 1.45. The highest BCUT2D eigenvalue weighted by molar-refractivity contribution is 5.99. The van der Waals surface area contributed by atoms with Crippen LogP contribution in [-0.4, -0.2) is 118 Å². The minimum Gasteiger partial charge on any atom is -0.548 e. The molecule has 0 saturated carbocycles. The number of hydrogen-bond acceptors (Lipinski definition) is 9. The number of aliphatic carboxylic acids is 1. The lowest BCUT2D eigenvalue weighted by Crippen LogP contribution is -2.59. The molecule has 0 aromatic carbocycles.